The molecule has 0 aromatic heterocycles. The van der Waals surface area contributed by atoms with Crippen molar-refractivity contribution in [3.63, 3.8) is 0 Å². The van der Waals surface area contributed by atoms with Crippen molar-refractivity contribution in [3.8, 4) is 5.75 Å². The van der Waals surface area contributed by atoms with E-state index in [0.717, 1.165) is 0 Å². The predicted octanol–water partition coefficient (Wildman–Crippen LogP) is 3.24. The zero-order valence-corrected chi connectivity index (χ0v) is 13.6. The maximum Gasteiger partial charge on any atom is 0.177 e. The van der Waals surface area contributed by atoms with Crippen LogP contribution >= 0.6 is 0 Å². The molecule has 23 heavy (non-hydrogen) atoms. The number of hydrogen-bond donors (Lipinski definition) is 1. The number of nitrogen functional groups attached to an aromatic ring is 1. The molecule has 1 aromatic rings. The maximum atomic E-state index is 12.6. The minimum Gasteiger partial charge on any atom is -0.399 e. The summed E-state index contributed by atoms with van der Waals surface area (Å²) in [6.45, 7) is 4.61. The molecule has 1 aromatic carbocycles. The van der Waals surface area contributed by atoms with Crippen LogP contribution in [0, 0.1) is 5.92 Å². The standard InChI is InChI=1S/C17H22FNO4/c1-4-14-15(8-13(19)9-17(14)23-18)16(22)7-12(11(3)21)6-5-10(2)20/h8-9,12H,4-7,19H2,1-3H3. The van der Waals surface area contributed by atoms with E-state index in [2.05, 4.69) is 4.94 Å². The number of benzene rings is 1. The van der Waals surface area contributed by atoms with E-state index in [0.29, 0.717) is 18.4 Å². The number of carbonyl (C=O) groups is 3. The normalized spacial score (nSPS) is 11.8. The molecule has 0 heterocycles. The molecular formula is C17H22FNO4. The van der Waals surface area contributed by atoms with Crippen molar-refractivity contribution < 1.29 is 23.9 Å². The summed E-state index contributed by atoms with van der Waals surface area (Å²) in [5, 5.41) is 0. The van der Waals surface area contributed by atoms with Crippen LogP contribution in [0.2, 0.25) is 0 Å². The number of Topliss-reactive ketones (excluding diaryl/α,β-unsaturated/α-hetero) is 3. The number of halogens is 1. The third-order valence-corrected chi connectivity index (χ3v) is 3.82. The fraction of sp³-hybridized carbons (Fsp3) is 0.471. The van der Waals surface area contributed by atoms with Gasteiger partial charge < -0.3 is 10.5 Å². The summed E-state index contributed by atoms with van der Waals surface area (Å²) in [7, 11) is 0. The lowest BCUT2D eigenvalue weighted by molar-refractivity contribution is -0.121. The van der Waals surface area contributed by atoms with Gasteiger partial charge in [0, 0.05) is 46.2 Å². The summed E-state index contributed by atoms with van der Waals surface area (Å²) >= 11 is 0. The predicted molar refractivity (Wildman–Crippen MR) is 85.0 cm³/mol. The highest BCUT2D eigenvalue weighted by atomic mass is 19.3. The van der Waals surface area contributed by atoms with E-state index in [1.54, 1.807) is 6.92 Å². The maximum absolute atomic E-state index is 12.6. The molecule has 0 saturated heterocycles. The monoisotopic (exact) mass is 323 g/mol. The smallest absolute Gasteiger partial charge is 0.177 e. The molecule has 1 rings (SSSR count). The zero-order valence-electron chi connectivity index (χ0n) is 13.6. The van der Waals surface area contributed by atoms with Crippen molar-refractivity contribution in [1.29, 1.82) is 0 Å². The SMILES string of the molecule is CCc1c(OF)cc(N)cc1C(=O)CC(CCC(C)=O)C(C)=O. The fourth-order valence-corrected chi connectivity index (χ4v) is 2.51. The van der Waals surface area contributed by atoms with Crippen LogP contribution in [0.15, 0.2) is 12.1 Å². The van der Waals surface area contributed by atoms with E-state index in [1.807, 2.05) is 0 Å². The molecular weight excluding hydrogens is 301 g/mol. The van der Waals surface area contributed by atoms with Gasteiger partial charge in [0.15, 0.2) is 11.5 Å². The number of anilines is 1. The van der Waals surface area contributed by atoms with Crippen molar-refractivity contribution in [1.82, 2.24) is 0 Å². The highest BCUT2D eigenvalue weighted by molar-refractivity contribution is 6.01. The van der Waals surface area contributed by atoms with E-state index < -0.39 is 5.92 Å². The first kappa shape index (κ1) is 18.8. The quantitative estimate of drug-likeness (QED) is 0.557. The first-order valence-electron chi connectivity index (χ1n) is 7.54. The Morgan fingerprint density at radius 1 is 1.26 bits per heavy atom. The topological polar surface area (TPSA) is 86.5 Å². The van der Waals surface area contributed by atoms with Crippen molar-refractivity contribution in [2.45, 2.75) is 46.5 Å². The summed E-state index contributed by atoms with van der Waals surface area (Å²) in [5.74, 6) is -1.11. The minimum absolute atomic E-state index is 0.0324. The molecule has 0 bridgehead atoms. The van der Waals surface area contributed by atoms with E-state index in [1.165, 1.54) is 26.0 Å². The van der Waals surface area contributed by atoms with Crippen molar-refractivity contribution in [2.24, 2.45) is 5.92 Å². The average molecular weight is 323 g/mol. The lowest BCUT2D eigenvalue weighted by atomic mass is 9.88. The molecule has 0 aliphatic heterocycles. The van der Waals surface area contributed by atoms with Crippen LogP contribution in [0.3, 0.4) is 0 Å². The molecule has 0 fully saturated rings. The van der Waals surface area contributed by atoms with Crippen LogP contribution < -0.4 is 10.7 Å². The Morgan fingerprint density at radius 2 is 1.91 bits per heavy atom. The Kier molecular flexibility index (Phi) is 6.88. The Morgan fingerprint density at radius 3 is 2.39 bits per heavy atom. The van der Waals surface area contributed by atoms with Gasteiger partial charge in [-0.15, -0.1) is 0 Å². The number of ketones is 3. The van der Waals surface area contributed by atoms with E-state index >= 15 is 0 Å². The van der Waals surface area contributed by atoms with E-state index in [-0.39, 0.29) is 47.2 Å². The van der Waals surface area contributed by atoms with Crippen molar-refractivity contribution in [2.75, 3.05) is 5.73 Å². The molecule has 0 amide bonds. The van der Waals surface area contributed by atoms with Gasteiger partial charge in [-0.25, -0.2) is 0 Å². The van der Waals surface area contributed by atoms with Gasteiger partial charge in [-0.2, -0.15) is 0 Å². The molecule has 0 aliphatic carbocycles. The second-order valence-corrected chi connectivity index (χ2v) is 5.65. The minimum atomic E-state index is -0.535. The van der Waals surface area contributed by atoms with Crippen molar-refractivity contribution in [3.05, 3.63) is 23.3 Å². The Hall–Kier alpha value is -2.24. The first-order valence-corrected chi connectivity index (χ1v) is 7.54. The number of carbonyl (C=O) groups excluding carboxylic acids is 3. The molecule has 0 aliphatic rings. The molecule has 126 valence electrons. The van der Waals surface area contributed by atoms with Gasteiger partial charge in [0.05, 0.1) is 0 Å². The summed E-state index contributed by atoms with van der Waals surface area (Å²) in [5.41, 5.74) is 6.56. The molecule has 0 spiro atoms. The van der Waals surface area contributed by atoms with Gasteiger partial charge in [-0.1, -0.05) is 6.92 Å². The fourth-order valence-electron chi connectivity index (χ4n) is 2.51. The molecule has 5 nitrogen and oxygen atoms in total. The number of nitrogens with two attached hydrogens (primary N) is 1. The molecule has 0 radical (unpaired) electrons. The summed E-state index contributed by atoms with van der Waals surface area (Å²) < 4.78 is 12.6. The average Bonchev–Trinajstić information content (AvgIpc) is 2.49. The van der Waals surface area contributed by atoms with Gasteiger partial charge in [0.1, 0.15) is 11.6 Å². The largest absolute Gasteiger partial charge is 0.399 e. The van der Waals surface area contributed by atoms with Crippen molar-refractivity contribution >= 4 is 23.0 Å². The number of rotatable bonds is 9. The third-order valence-electron chi connectivity index (χ3n) is 3.82. The molecule has 1 unspecified atom stereocenters. The van der Waals surface area contributed by atoms with Crippen LogP contribution in [0.1, 0.15) is 56.0 Å². The van der Waals surface area contributed by atoms with Crippen LogP contribution in [-0.4, -0.2) is 17.3 Å². The Labute approximate surface area is 134 Å². The number of hydrogen-bond acceptors (Lipinski definition) is 5. The lowest BCUT2D eigenvalue weighted by Crippen LogP contribution is -2.18. The Bertz CT molecular complexity index is 613. The van der Waals surface area contributed by atoms with Crippen LogP contribution in [0.5, 0.6) is 5.75 Å². The second-order valence-electron chi connectivity index (χ2n) is 5.65. The Balaban J connectivity index is 3.05. The van der Waals surface area contributed by atoms with Gasteiger partial charge in [0.2, 0.25) is 0 Å². The second kappa shape index (κ2) is 8.41. The molecule has 1 atom stereocenters. The van der Waals surface area contributed by atoms with Gasteiger partial charge in [0.25, 0.3) is 0 Å². The summed E-state index contributed by atoms with van der Waals surface area (Å²) in [6.07, 6.45) is 0.921. The lowest BCUT2D eigenvalue weighted by Gasteiger charge is -2.15. The van der Waals surface area contributed by atoms with Gasteiger partial charge >= 0.3 is 0 Å². The van der Waals surface area contributed by atoms with Gasteiger partial charge in [-0.05, 0) is 32.8 Å². The summed E-state index contributed by atoms with van der Waals surface area (Å²) in [4.78, 5) is 39.1. The molecule has 6 heteroatoms. The third kappa shape index (κ3) is 5.16. The highest BCUT2D eigenvalue weighted by Gasteiger charge is 2.23. The zero-order chi connectivity index (χ0) is 17.6. The summed E-state index contributed by atoms with van der Waals surface area (Å²) in [6, 6.07) is 2.78. The van der Waals surface area contributed by atoms with Crippen LogP contribution in [-0.2, 0) is 16.0 Å². The van der Waals surface area contributed by atoms with E-state index in [9.17, 15) is 18.9 Å². The van der Waals surface area contributed by atoms with Crippen LogP contribution in [0.25, 0.3) is 0 Å². The highest BCUT2D eigenvalue weighted by Crippen LogP contribution is 2.29. The first-order chi connectivity index (χ1) is 10.8. The molecule has 2 N–H and O–H groups in total. The van der Waals surface area contributed by atoms with E-state index in [4.69, 9.17) is 5.73 Å². The molecule has 0 saturated carbocycles. The van der Waals surface area contributed by atoms with Crippen LogP contribution in [0.4, 0.5) is 10.2 Å². The van der Waals surface area contributed by atoms with Gasteiger partial charge in [-0.3, -0.25) is 14.5 Å².